The van der Waals surface area contributed by atoms with Crippen LogP contribution >= 0.6 is 0 Å². The van der Waals surface area contributed by atoms with Gasteiger partial charge in [0.25, 0.3) is 0 Å². The van der Waals surface area contributed by atoms with E-state index in [0.29, 0.717) is 6.54 Å². The van der Waals surface area contributed by atoms with Crippen LogP contribution < -0.4 is 0 Å². The van der Waals surface area contributed by atoms with Crippen molar-refractivity contribution in [2.75, 3.05) is 13.7 Å². The molecule has 0 fully saturated rings. The number of ether oxygens (including phenoxy) is 1. The summed E-state index contributed by atoms with van der Waals surface area (Å²) in [7, 11) is 1.39. The van der Waals surface area contributed by atoms with Gasteiger partial charge in [0, 0.05) is 17.3 Å². The van der Waals surface area contributed by atoms with Crippen LogP contribution in [-0.4, -0.2) is 30.9 Å². The Kier molecular flexibility index (Phi) is 4.24. The van der Waals surface area contributed by atoms with E-state index in [1.54, 1.807) is 11.1 Å². The van der Waals surface area contributed by atoms with Crippen LogP contribution in [0.3, 0.4) is 0 Å². The van der Waals surface area contributed by atoms with Gasteiger partial charge in [0.05, 0.1) is 25.0 Å². The van der Waals surface area contributed by atoms with Crippen LogP contribution in [0, 0.1) is 6.92 Å². The molecule has 0 spiro atoms. The first kappa shape index (κ1) is 15.0. The van der Waals surface area contributed by atoms with Crippen LogP contribution in [0.4, 0.5) is 4.79 Å². The molecule has 4 nitrogen and oxygen atoms in total. The molecule has 3 rings (SSSR count). The highest BCUT2D eigenvalue weighted by Crippen LogP contribution is 2.32. The number of hydrogen-bond donors (Lipinski definition) is 0. The molecule has 0 N–H and O–H groups in total. The predicted molar refractivity (Wildman–Crippen MR) is 92.0 cm³/mol. The number of rotatable bonds is 2. The highest BCUT2D eigenvalue weighted by Gasteiger charge is 2.26. The molecule has 1 aliphatic rings. The molecule has 1 aliphatic heterocycles. The number of benzene rings is 2. The van der Waals surface area contributed by atoms with Crippen molar-refractivity contribution >= 4 is 23.7 Å². The Morgan fingerprint density at radius 1 is 1.04 bits per heavy atom. The summed E-state index contributed by atoms with van der Waals surface area (Å²) in [5.41, 5.74) is 4.63. The van der Waals surface area contributed by atoms with E-state index in [9.17, 15) is 4.79 Å². The molecule has 0 saturated carbocycles. The second kappa shape index (κ2) is 6.48. The third-order valence-electron chi connectivity index (χ3n) is 3.75. The monoisotopic (exact) mass is 306 g/mol. The minimum atomic E-state index is -0.389. The summed E-state index contributed by atoms with van der Waals surface area (Å²) >= 11 is 0. The Bertz CT molecular complexity index is 762. The molecule has 0 unspecified atom stereocenters. The van der Waals surface area contributed by atoms with E-state index >= 15 is 0 Å². The first-order valence-electron chi connectivity index (χ1n) is 7.45. The third kappa shape index (κ3) is 3.01. The van der Waals surface area contributed by atoms with Crippen molar-refractivity contribution in [2.24, 2.45) is 4.99 Å². The number of aryl methyl sites for hydroxylation is 1. The van der Waals surface area contributed by atoms with E-state index in [4.69, 9.17) is 4.74 Å². The summed E-state index contributed by atoms with van der Waals surface area (Å²) in [4.78, 5) is 18.4. The zero-order chi connectivity index (χ0) is 16.2. The lowest BCUT2D eigenvalue weighted by Crippen LogP contribution is -2.33. The largest absolute Gasteiger partial charge is 0.452 e. The van der Waals surface area contributed by atoms with Gasteiger partial charge >= 0.3 is 6.09 Å². The Morgan fingerprint density at radius 2 is 1.74 bits per heavy atom. The van der Waals surface area contributed by atoms with E-state index in [0.717, 1.165) is 22.5 Å². The van der Waals surface area contributed by atoms with Crippen LogP contribution in [0.5, 0.6) is 0 Å². The van der Waals surface area contributed by atoms with Crippen LogP contribution in [-0.2, 0) is 4.74 Å². The summed E-state index contributed by atoms with van der Waals surface area (Å²) < 4.78 is 4.94. The summed E-state index contributed by atoms with van der Waals surface area (Å²) in [5, 5.41) is 0. The summed E-state index contributed by atoms with van der Waals surface area (Å²) in [6.07, 6.45) is 1.35. The van der Waals surface area contributed by atoms with Crippen molar-refractivity contribution in [1.82, 2.24) is 4.90 Å². The van der Waals surface area contributed by atoms with Gasteiger partial charge in [-0.25, -0.2) is 4.79 Å². The van der Waals surface area contributed by atoms with Gasteiger partial charge in [-0.1, -0.05) is 60.2 Å². The van der Waals surface area contributed by atoms with Crippen LogP contribution in [0.15, 0.2) is 59.6 Å². The molecule has 4 heteroatoms. The van der Waals surface area contributed by atoms with Gasteiger partial charge in [-0.05, 0) is 6.92 Å². The van der Waals surface area contributed by atoms with Crippen molar-refractivity contribution in [3.8, 4) is 0 Å². The zero-order valence-electron chi connectivity index (χ0n) is 13.2. The molecule has 0 aliphatic carbocycles. The molecule has 0 atom stereocenters. The fourth-order valence-corrected chi connectivity index (χ4v) is 2.58. The lowest BCUT2D eigenvalue weighted by atomic mass is 10.0. The standard InChI is InChI=1S/C19H18N2O2/c1-14-8-10-15(11-9-14)17-18(16-6-4-3-5-7-16)21(13-12-20-17)19(22)23-2/h3-12H,13H2,1-2H3. The third-order valence-corrected chi connectivity index (χ3v) is 3.75. The molecule has 0 radical (unpaired) electrons. The average Bonchev–Trinajstić information content (AvgIpc) is 2.62. The van der Waals surface area contributed by atoms with Crippen molar-refractivity contribution in [3.63, 3.8) is 0 Å². The SMILES string of the molecule is COC(=O)N1CC=NC(c2ccc(C)cc2)=C1c1ccccc1. The molecule has 1 amide bonds. The van der Waals surface area contributed by atoms with E-state index in [1.165, 1.54) is 12.7 Å². The Labute approximate surface area is 135 Å². The van der Waals surface area contributed by atoms with Crippen molar-refractivity contribution in [1.29, 1.82) is 0 Å². The van der Waals surface area contributed by atoms with Crippen molar-refractivity contribution < 1.29 is 9.53 Å². The molecular weight excluding hydrogens is 288 g/mol. The minimum absolute atomic E-state index is 0.389. The number of carbonyl (C=O) groups is 1. The molecule has 0 saturated heterocycles. The van der Waals surface area contributed by atoms with Crippen molar-refractivity contribution in [3.05, 3.63) is 71.3 Å². The lowest BCUT2D eigenvalue weighted by molar-refractivity contribution is 0.147. The van der Waals surface area contributed by atoms with E-state index < -0.39 is 0 Å². The normalized spacial score (nSPS) is 14.1. The number of methoxy groups -OCH3 is 1. The fraction of sp³-hybridized carbons (Fsp3) is 0.158. The second-order valence-corrected chi connectivity index (χ2v) is 5.32. The van der Waals surface area contributed by atoms with Gasteiger partial charge in [-0.2, -0.15) is 0 Å². The molecule has 0 aromatic heterocycles. The van der Waals surface area contributed by atoms with E-state index in [1.807, 2.05) is 61.5 Å². The van der Waals surface area contributed by atoms with Crippen LogP contribution in [0.1, 0.15) is 16.7 Å². The van der Waals surface area contributed by atoms with Gasteiger partial charge in [-0.3, -0.25) is 9.89 Å². The summed E-state index contributed by atoms with van der Waals surface area (Å²) in [5.74, 6) is 0. The second-order valence-electron chi connectivity index (χ2n) is 5.32. The highest BCUT2D eigenvalue weighted by molar-refractivity contribution is 6.00. The number of carbonyl (C=O) groups excluding carboxylic acids is 1. The predicted octanol–water partition coefficient (Wildman–Crippen LogP) is 3.97. The maximum absolute atomic E-state index is 12.2. The number of hydrogen-bond acceptors (Lipinski definition) is 3. The van der Waals surface area contributed by atoms with Gasteiger partial charge in [0.15, 0.2) is 0 Å². The van der Waals surface area contributed by atoms with Crippen LogP contribution in [0.25, 0.3) is 11.4 Å². The Hall–Kier alpha value is -2.88. The molecule has 2 aromatic rings. The molecule has 1 heterocycles. The lowest BCUT2D eigenvalue weighted by Gasteiger charge is -2.27. The fourth-order valence-electron chi connectivity index (χ4n) is 2.58. The van der Waals surface area contributed by atoms with Crippen LogP contribution in [0.2, 0.25) is 0 Å². The summed E-state index contributed by atoms with van der Waals surface area (Å²) in [6.45, 7) is 2.44. The number of aliphatic imine (C=N–C) groups is 1. The maximum atomic E-state index is 12.2. The Balaban J connectivity index is 2.19. The van der Waals surface area contributed by atoms with Gasteiger partial charge in [-0.15, -0.1) is 0 Å². The van der Waals surface area contributed by atoms with Gasteiger partial charge < -0.3 is 4.74 Å². The number of amides is 1. The molecule has 23 heavy (non-hydrogen) atoms. The molecule has 116 valence electrons. The van der Waals surface area contributed by atoms with Gasteiger partial charge in [0.2, 0.25) is 0 Å². The van der Waals surface area contributed by atoms with Gasteiger partial charge in [0.1, 0.15) is 0 Å². The molecule has 2 aromatic carbocycles. The zero-order valence-corrected chi connectivity index (χ0v) is 13.2. The highest BCUT2D eigenvalue weighted by atomic mass is 16.5. The molecule has 0 bridgehead atoms. The average molecular weight is 306 g/mol. The van der Waals surface area contributed by atoms with E-state index in [-0.39, 0.29) is 6.09 Å². The van der Waals surface area contributed by atoms with Crippen molar-refractivity contribution in [2.45, 2.75) is 6.92 Å². The quantitative estimate of drug-likeness (QED) is 0.842. The number of nitrogens with zero attached hydrogens (tertiary/aromatic N) is 2. The first-order valence-corrected chi connectivity index (χ1v) is 7.45. The maximum Gasteiger partial charge on any atom is 0.414 e. The first-order chi connectivity index (χ1) is 11.2. The summed E-state index contributed by atoms with van der Waals surface area (Å²) in [6, 6.07) is 17.9. The minimum Gasteiger partial charge on any atom is -0.452 e. The van der Waals surface area contributed by atoms with E-state index in [2.05, 4.69) is 4.99 Å². The smallest absolute Gasteiger partial charge is 0.414 e. The Morgan fingerprint density at radius 3 is 2.39 bits per heavy atom. The topological polar surface area (TPSA) is 41.9 Å². The molecular formula is C19H18N2O2.